The minimum Gasteiger partial charge on any atom is -0.310 e. The summed E-state index contributed by atoms with van der Waals surface area (Å²) in [5.41, 5.74) is 14.4. The fourth-order valence-electron chi connectivity index (χ4n) is 9.73. The van der Waals surface area contributed by atoms with Crippen molar-refractivity contribution in [1.82, 2.24) is 0 Å². The highest BCUT2D eigenvalue weighted by Gasteiger charge is 2.34. The Morgan fingerprint density at radius 1 is 0.446 bits per heavy atom. The molecule has 1 aliphatic rings. The summed E-state index contributed by atoms with van der Waals surface area (Å²) >= 11 is 0. The van der Waals surface area contributed by atoms with Crippen LogP contribution in [-0.4, -0.2) is 0 Å². The number of benzene rings is 9. The standard InChI is InChI=1S/C60H43N5/c1-59(2,3)40-18-22-42(23-19-40)65(43-24-20-41(21-25-43)60(4,5)6)53-29-28-48-54-46(53)14-11-15-47(54)57-55(44-26-16-36(34-61)30-51(44)63-7)49-32-38-12-9-10-13-39(38)33-50(49)56(58(48)57)45-27-17-37(35-62)31-52(45)64-8/h9-33H,1-6H3. The van der Waals surface area contributed by atoms with Crippen LogP contribution in [0.5, 0.6) is 0 Å². The van der Waals surface area contributed by atoms with Gasteiger partial charge in [0.2, 0.25) is 0 Å². The third-order valence-electron chi connectivity index (χ3n) is 13.0. The van der Waals surface area contributed by atoms with Crippen molar-refractivity contribution >= 4 is 60.8 Å². The summed E-state index contributed by atoms with van der Waals surface area (Å²) in [5, 5.41) is 26.0. The normalized spacial score (nSPS) is 11.8. The molecule has 0 aromatic heterocycles. The van der Waals surface area contributed by atoms with Crippen LogP contribution < -0.4 is 4.90 Å². The summed E-state index contributed by atoms with van der Waals surface area (Å²) in [6, 6.07) is 56.7. The molecule has 308 valence electrons. The Morgan fingerprint density at radius 3 is 1.32 bits per heavy atom. The highest BCUT2D eigenvalue weighted by Crippen LogP contribution is 2.61. The molecular formula is C60H43N5. The van der Waals surface area contributed by atoms with Gasteiger partial charge in [0.25, 0.3) is 0 Å². The summed E-state index contributed by atoms with van der Waals surface area (Å²) in [6.07, 6.45) is 0. The van der Waals surface area contributed by atoms with Crippen molar-refractivity contribution in [2.45, 2.75) is 52.4 Å². The van der Waals surface area contributed by atoms with Crippen LogP contribution >= 0.6 is 0 Å². The van der Waals surface area contributed by atoms with E-state index < -0.39 is 0 Å². The molecule has 9 aromatic rings. The van der Waals surface area contributed by atoms with Crippen LogP contribution in [-0.2, 0) is 10.8 Å². The van der Waals surface area contributed by atoms with E-state index >= 15 is 0 Å². The van der Waals surface area contributed by atoms with Crippen molar-refractivity contribution in [3.63, 3.8) is 0 Å². The van der Waals surface area contributed by atoms with E-state index in [0.29, 0.717) is 22.5 Å². The molecule has 0 amide bonds. The second-order valence-corrected chi connectivity index (χ2v) is 18.9. The van der Waals surface area contributed by atoms with Gasteiger partial charge in [-0.1, -0.05) is 126 Å². The van der Waals surface area contributed by atoms with Crippen molar-refractivity contribution in [3.8, 4) is 56.6 Å². The van der Waals surface area contributed by atoms with Gasteiger partial charge in [-0.05, 0) is 160 Å². The van der Waals surface area contributed by atoms with Crippen LogP contribution in [0, 0.1) is 35.8 Å². The summed E-state index contributed by atoms with van der Waals surface area (Å²) in [6.45, 7) is 30.3. The SMILES string of the molecule is [C-]#[N+]c1cc(C#N)ccc1-c1c2c(c(-c3ccc(C#N)cc3[N+]#[C-])c3cc4ccccc4cc13)-c1ccc(N(c3ccc(C(C)(C)C)cc3)c3ccc(C(C)(C)C)cc3)c3cccc-2c13. The van der Waals surface area contributed by atoms with Gasteiger partial charge in [-0.3, -0.25) is 0 Å². The maximum Gasteiger partial charge on any atom is 0.196 e. The largest absolute Gasteiger partial charge is 0.310 e. The minimum absolute atomic E-state index is 0.0135. The Hall–Kier alpha value is -8.48. The number of rotatable bonds is 5. The van der Waals surface area contributed by atoms with Crippen LogP contribution in [0.4, 0.5) is 28.4 Å². The van der Waals surface area contributed by atoms with E-state index in [-0.39, 0.29) is 10.8 Å². The van der Waals surface area contributed by atoms with Gasteiger partial charge in [-0.25, -0.2) is 9.69 Å². The number of fused-ring (bicyclic) bond motifs is 5. The minimum atomic E-state index is -0.0135. The number of nitrogens with zero attached hydrogens (tertiary/aromatic N) is 5. The molecule has 1 aliphatic carbocycles. The fraction of sp³-hybridized carbons (Fsp3) is 0.133. The first-order valence-corrected chi connectivity index (χ1v) is 21.8. The molecule has 0 aliphatic heterocycles. The predicted molar refractivity (Wildman–Crippen MR) is 268 cm³/mol. The maximum atomic E-state index is 9.97. The molecule has 0 spiro atoms. The molecule has 10 rings (SSSR count). The van der Waals surface area contributed by atoms with Gasteiger partial charge >= 0.3 is 0 Å². The molecule has 5 nitrogen and oxygen atoms in total. The molecule has 9 aromatic carbocycles. The van der Waals surface area contributed by atoms with Gasteiger partial charge in [0.05, 0.1) is 31.0 Å². The number of hydrogen-bond acceptors (Lipinski definition) is 3. The van der Waals surface area contributed by atoms with E-state index in [1.54, 1.807) is 24.3 Å². The van der Waals surface area contributed by atoms with E-state index in [0.717, 1.165) is 93.9 Å². The van der Waals surface area contributed by atoms with Crippen LogP contribution in [0.1, 0.15) is 63.8 Å². The second kappa shape index (κ2) is 15.1. The molecule has 0 saturated heterocycles. The van der Waals surface area contributed by atoms with Crippen molar-refractivity contribution < 1.29 is 0 Å². The van der Waals surface area contributed by atoms with Gasteiger partial charge in [0, 0.05) is 27.9 Å². The molecule has 0 saturated carbocycles. The van der Waals surface area contributed by atoms with Gasteiger partial charge < -0.3 is 4.90 Å². The number of anilines is 3. The molecule has 0 fully saturated rings. The molecular weight excluding hydrogens is 791 g/mol. The van der Waals surface area contributed by atoms with Crippen molar-refractivity contribution in [2.24, 2.45) is 0 Å². The van der Waals surface area contributed by atoms with Crippen molar-refractivity contribution in [1.29, 1.82) is 10.5 Å². The van der Waals surface area contributed by atoms with Gasteiger partial charge in [0.15, 0.2) is 11.4 Å². The average molecular weight is 834 g/mol. The molecule has 0 unspecified atom stereocenters. The van der Waals surface area contributed by atoms with E-state index in [4.69, 9.17) is 13.1 Å². The van der Waals surface area contributed by atoms with Gasteiger partial charge in [-0.2, -0.15) is 10.5 Å². The monoisotopic (exact) mass is 833 g/mol. The fourth-order valence-corrected chi connectivity index (χ4v) is 9.73. The first kappa shape index (κ1) is 40.6. The van der Waals surface area contributed by atoms with Crippen molar-refractivity contribution in [3.05, 3.63) is 197 Å². The Kier molecular flexibility index (Phi) is 9.43. The zero-order valence-electron chi connectivity index (χ0n) is 37.2. The summed E-state index contributed by atoms with van der Waals surface area (Å²) in [7, 11) is 0. The Morgan fingerprint density at radius 2 is 0.892 bits per heavy atom. The third kappa shape index (κ3) is 6.58. The number of nitriles is 2. The second-order valence-electron chi connectivity index (χ2n) is 18.9. The van der Waals surface area contributed by atoms with Gasteiger partial charge in [0.1, 0.15) is 0 Å². The van der Waals surface area contributed by atoms with Crippen LogP contribution in [0.2, 0.25) is 0 Å². The lowest BCUT2D eigenvalue weighted by atomic mass is 9.81. The molecule has 5 heteroatoms. The summed E-state index contributed by atoms with van der Waals surface area (Å²) < 4.78 is 0. The third-order valence-corrected chi connectivity index (χ3v) is 13.0. The van der Waals surface area contributed by atoms with Crippen molar-refractivity contribution in [2.75, 3.05) is 4.90 Å². The Labute approximate surface area is 380 Å². The highest BCUT2D eigenvalue weighted by atomic mass is 15.1. The Balaban J connectivity index is 1.35. The van der Waals surface area contributed by atoms with Crippen LogP contribution in [0.15, 0.2) is 152 Å². The average Bonchev–Trinajstić information content (AvgIpc) is 3.64. The first-order valence-electron chi connectivity index (χ1n) is 21.8. The molecule has 0 bridgehead atoms. The lowest BCUT2D eigenvalue weighted by molar-refractivity contribution is 0.590. The number of hydrogen-bond donors (Lipinski definition) is 0. The lowest BCUT2D eigenvalue weighted by Crippen LogP contribution is -2.14. The van der Waals surface area contributed by atoms with Crippen LogP contribution in [0.3, 0.4) is 0 Å². The van der Waals surface area contributed by atoms with E-state index in [2.05, 4.69) is 171 Å². The zero-order chi connectivity index (χ0) is 45.4. The van der Waals surface area contributed by atoms with Crippen LogP contribution in [0.25, 0.3) is 86.5 Å². The van der Waals surface area contributed by atoms with E-state index in [1.807, 2.05) is 24.3 Å². The molecule has 0 atom stereocenters. The quantitative estimate of drug-likeness (QED) is 0.128. The predicted octanol–water partition coefficient (Wildman–Crippen LogP) is 17.0. The van der Waals surface area contributed by atoms with E-state index in [9.17, 15) is 10.5 Å². The Bertz CT molecular complexity index is 3440. The molecule has 0 radical (unpaired) electrons. The van der Waals surface area contributed by atoms with E-state index in [1.165, 1.54) is 11.1 Å². The first-order chi connectivity index (χ1) is 31.3. The van der Waals surface area contributed by atoms with Gasteiger partial charge in [-0.15, -0.1) is 0 Å². The summed E-state index contributed by atoms with van der Waals surface area (Å²) in [5.74, 6) is 0. The smallest absolute Gasteiger partial charge is 0.196 e. The topological polar surface area (TPSA) is 59.5 Å². The lowest BCUT2D eigenvalue weighted by Gasteiger charge is -2.29. The molecule has 0 N–H and O–H groups in total. The molecule has 0 heterocycles. The maximum absolute atomic E-state index is 9.97. The summed E-state index contributed by atoms with van der Waals surface area (Å²) in [4.78, 5) is 10.4. The zero-order valence-corrected chi connectivity index (χ0v) is 37.2. The highest BCUT2D eigenvalue weighted by molar-refractivity contribution is 6.30. The molecule has 65 heavy (non-hydrogen) atoms.